The Labute approximate surface area is 132 Å². The van der Waals surface area contributed by atoms with Crippen molar-refractivity contribution in [3.63, 3.8) is 0 Å². The average molecular weight is 340 g/mol. The van der Waals surface area contributed by atoms with Crippen LogP contribution in [-0.2, 0) is 19.8 Å². The van der Waals surface area contributed by atoms with Gasteiger partial charge in [0.1, 0.15) is 17.7 Å². The summed E-state index contributed by atoms with van der Waals surface area (Å²) in [4.78, 5) is 19.1. The standard InChI is InChI=1S/C13H11F3N6O2/c1-22-10(18-6-19-22)5-17-12(23)20-7-2-3-9-8(4-7)21-11(24-9)13(14,15)16/h2-4,6H,5H2,1H3,(H2,17,20,23). The summed E-state index contributed by atoms with van der Waals surface area (Å²) in [5, 5.41) is 8.91. The minimum atomic E-state index is -4.67. The molecular formula is C13H11F3N6O2. The van der Waals surface area contributed by atoms with Crippen molar-refractivity contribution in [3.8, 4) is 0 Å². The van der Waals surface area contributed by atoms with Crippen molar-refractivity contribution in [2.45, 2.75) is 12.7 Å². The fourth-order valence-electron chi connectivity index (χ4n) is 1.94. The molecule has 2 heterocycles. The van der Waals surface area contributed by atoms with E-state index in [1.54, 1.807) is 7.05 Å². The first-order valence-corrected chi connectivity index (χ1v) is 6.68. The van der Waals surface area contributed by atoms with Crippen molar-refractivity contribution in [1.29, 1.82) is 0 Å². The number of fused-ring (bicyclic) bond motifs is 1. The van der Waals surface area contributed by atoms with E-state index >= 15 is 0 Å². The molecule has 1 aromatic carbocycles. The third kappa shape index (κ3) is 3.29. The first-order valence-electron chi connectivity index (χ1n) is 6.68. The number of alkyl halides is 3. The van der Waals surface area contributed by atoms with Crippen LogP contribution in [0.1, 0.15) is 11.7 Å². The molecule has 0 spiro atoms. The van der Waals surface area contributed by atoms with Gasteiger partial charge in [0.25, 0.3) is 0 Å². The predicted molar refractivity (Wildman–Crippen MR) is 75.9 cm³/mol. The number of amides is 2. The molecule has 0 aliphatic carbocycles. The SMILES string of the molecule is Cn1ncnc1CNC(=O)Nc1ccc2oc(C(F)(F)F)nc2c1. The van der Waals surface area contributed by atoms with Crippen LogP contribution in [0.4, 0.5) is 23.7 Å². The van der Waals surface area contributed by atoms with Crippen molar-refractivity contribution >= 4 is 22.8 Å². The molecule has 0 radical (unpaired) electrons. The van der Waals surface area contributed by atoms with E-state index in [-0.39, 0.29) is 23.3 Å². The third-order valence-electron chi connectivity index (χ3n) is 3.10. The van der Waals surface area contributed by atoms with E-state index in [1.165, 1.54) is 29.2 Å². The van der Waals surface area contributed by atoms with Crippen LogP contribution in [0.25, 0.3) is 11.1 Å². The molecule has 2 amide bonds. The van der Waals surface area contributed by atoms with Crippen LogP contribution in [0.2, 0.25) is 0 Å². The molecule has 0 saturated heterocycles. The highest BCUT2D eigenvalue weighted by molar-refractivity contribution is 5.91. The summed E-state index contributed by atoms with van der Waals surface area (Å²) < 4.78 is 43.8. The van der Waals surface area contributed by atoms with Crippen LogP contribution in [0, 0.1) is 0 Å². The zero-order valence-corrected chi connectivity index (χ0v) is 12.3. The van der Waals surface area contributed by atoms with Gasteiger partial charge in [-0.15, -0.1) is 0 Å². The van der Waals surface area contributed by atoms with Crippen molar-refractivity contribution < 1.29 is 22.4 Å². The Kier molecular flexibility index (Phi) is 3.83. The van der Waals surface area contributed by atoms with E-state index < -0.39 is 18.1 Å². The molecule has 2 aromatic heterocycles. The molecule has 0 aliphatic heterocycles. The quantitative estimate of drug-likeness (QED) is 0.762. The molecular weight excluding hydrogens is 329 g/mol. The van der Waals surface area contributed by atoms with Crippen LogP contribution in [0.3, 0.4) is 0 Å². The third-order valence-corrected chi connectivity index (χ3v) is 3.10. The molecule has 0 bridgehead atoms. The maximum absolute atomic E-state index is 12.6. The predicted octanol–water partition coefficient (Wildman–Crippen LogP) is 2.30. The van der Waals surface area contributed by atoms with Gasteiger partial charge in [-0.2, -0.15) is 18.3 Å². The molecule has 0 atom stereocenters. The molecule has 2 N–H and O–H groups in total. The van der Waals surface area contributed by atoms with E-state index in [9.17, 15) is 18.0 Å². The fourth-order valence-corrected chi connectivity index (χ4v) is 1.94. The lowest BCUT2D eigenvalue weighted by Crippen LogP contribution is -2.29. The second kappa shape index (κ2) is 5.83. The van der Waals surface area contributed by atoms with E-state index in [1.807, 2.05) is 0 Å². The summed E-state index contributed by atoms with van der Waals surface area (Å²) in [6.45, 7) is 0.146. The molecule has 126 valence electrons. The number of aromatic nitrogens is 4. The molecule has 11 heteroatoms. The summed E-state index contributed by atoms with van der Waals surface area (Å²) in [6, 6.07) is 3.46. The molecule has 0 aliphatic rings. The van der Waals surface area contributed by atoms with Gasteiger partial charge < -0.3 is 15.1 Å². The summed E-state index contributed by atoms with van der Waals surface area (Å²) >= 11 is 0. The number of carbonyl (C=O) groups excluding carboxylic acids is 1. The molecule has 24 heavy (non-hydrogen) atoms. The van der Waals surface area contributed by atoms with Crippen molar-refractivity contribution in [2.24, 2.45) is 7.05 Å². The van der Waals surface area contributed by atoms with Gasteiger partial charge in [0, 0.05) is 12.7 Å². The molecule has 0 unspecified atom stereocenters. The smallest absolute Gasteiger partial charge is 0.433 e. The van der Waals surface area contributed by atoms with Gasteiger partial charge in [-0.1, -0.05) is 0 Å². The van der Waals surface area contributed by atoms with Gasteiger partial charge in [-0.05, 0) is 18.2 Å². The van der Waals surface area contributed by atoms with Crippen molar-refractivity contribution in [2.75, 3.05) is 5.32 Å². The number of nitrogens with zero attached hydrogens (tertiary/aromatic N) is 4. The minimum absolute atomic E-state index is 0.00609. The highest BCUT2D eigenvalue weighted by Gasteiger charge is 2.37. The fraction of sp³-hybridized carbons (Fsp3) is 0.231. The van der Waals surface area contributed by atoms with Crippen molar-refractivity contribution in [1.82, 2.24) is 25.1 Å². The monoisotopic (exact) mass is 340 g/mol. The lowest BCUT2D eigenvalue weighted by atomic mass is 10.3. The lowest BCUT2D eigenvalue weighted by molar-refractivity contribution is -0.156. The number of oxazole rings is 1. The molecule has 0 fully saturated rings. The topological polar surface area (TPSA) is 97.9 Å². The first kappa shape index (κ1) is 15.8. The van der Waals surface area contributed by atoms with Crippen LogP contribution in [0.15, 0.2) is 28.9 Å². The van der Waals surface area contributed by atoms with Crippen LogP contribution < -0.4 is 10.6 Å². The van der Waals surface area contributed by atoms with Crippen LogP contribution in [-0.4, -0.2) is 25.8 Å². The number of aryl methyl sites for hydroxylation is 1. The zero-order valence-electron chi connectivity index (χ0n) is 12.3. The Bertz CT molecular complexity index is 885. The summed E-state index contributed by atoms with van der Waals surface area (Å²) in [5.41, 5.74) is 0.251. The van der Waals surface area contributed by atoms with E-state index in [2.05, 4.69) is 30.1 Å². The maximum Gasteiger partial charge on any atom is 0.468 e. The van der Waals surface area contributed by atoms with Gasteiger partial charge in [0.15, 0.2) is 5.58 Å². The van der Waals surface area contributed by atoms with Crippen LogP contribution in [0.5, 0.6) is 0 Å². The van der Waals surface area contributed by atoms with Gasteiger partial charge in [0.05, 0.1) is 6.54 Å². The molecule has 8 nitrogen and oxygen atoms in total. The van der Waals surface area contributed by atoms with E-state index in [0.717, 1.165) is 0 Å². The Morgan fingerprint density at radius 2 is 2.17 bits per heavy atom. The highest BCUT2D eigenvalue weighted by atomic mass is 19.4. The van der Waals surface area contributed by atoms with E-state index in [0.29, 0.717) is 5.82 Å². The Morgan fingerprint density at radius 1 is 1.38 bits per heavy atom. The maximum atomic E-state index is 12.6. The van der Waals surface area contributed by atoms with Crippen molar-refractivity contribution in [3.05, 3.63) is 36.2 Å². The Morgan fingerprint density at radius 3 is 2.83 bits per heavy atom. The summed E-state index contributed by atoms with van der Waals surface area (Å²) in [7, 11) is 1.68. The van der Waals surface area contributed by atoms with Gasteiger partial charge in [-0.3, -0.25) is 4.68 Å². The van der Waals surface area contributed by atoms with Gasteiger partial charge >= 0.3 is 18.1 Å². The number of urea groups is 1. The first-order chi connectivity index (χ1) is 11.3. The lowest BCUT2D eigenvalue weighted by Gasteiger charge is -2.06. The summed E-state index contributed by atoms with van der Waals surface area (Å²) in [5.74, 6) is -0.784. The average Bonchev–Trinajstić information content (AvgIpc) is 3.10. The minimum Gasteiger partial charge on any atom is -0.433 e. The normalized spacial score (nSPS) is 11.7. The number of hydrogen-bond donors (Lipinski definition) is 2. The number of rotatable bonds is 3. The number of anilines is 1. The molecule has 3 rings (SSSR count). The number of benzene rings is 1. The van der Waals surface area contributed by atoms with E-state index in [4.69, 9.17) is 0 Å². The highest BCUT2D eigenvalue weighted by Crippen LogP contribution is 2.31. The largest absolute Gasteiger partial charge is 0.468 e. The van der Waals surface area contributed by atoms with Gasteiger partial charge in [-0.25, -0.2) is 14.8 Å². The summed E-state index contributed by atoms with van der Waals surface area (Å²) in [6.07, 6.45) is -3.31. The Hall–Kier alpha value is -3.11. The second-order valence-electron chi connectivity index (χ2n) is 4.81. The Balaban J connectivity index is 1.68. The number of nitrogens with one attached hydrogen (secondary N) is 2. The molecule has 3 aromatic rings. The van der Waals surface area contributed by atoms with Gasteiger partial charge in [0.2, 0.25) is 0 Å². The van der Waals surface area contributed by atoms with Crippen LogP contribution >= 0.6 is 0 Å². The number of carbonyl (C=O) groups is 1. The number of halogens is 3. The second-order valence-corrected chi connectivity index (χ2v) is 4.81. The number of hydrogen-bond acceptors (Lipinski definition) is 5. The molecule has 0 saturated carbocycles. The zero-order chi connectivity index (χ0) is 17.3.